The smallest absolute Gasteiger partial charge is 0.152 e. The van der Waals surface area contributed by atoms with Gasteiger partial charge in [0.15, 0.2) is 9.92 Å². The van der Waals surface area contributed by atoms with Gasteiger partial charge in [0.2, 0.25) is 0 Å². The number of benzene rings is 2. The molecule has 1 fully saturated rings. The summed E-state index contributed by atoms with van der Waals surface area (Å²) in [6.45, 7) is 6.33. The second kappa shape index (κ2) is 7.83. The monoisotopic (exact) mass is 354 g/mol. The van der Waals surface area contributed by atoms with Crippen LogP contribution in [-0.2, 0) is 14.7 Å². The van der Waals surface area contributed by atoms with Crippen molar-refractivity contribution in [1.82, 2.24) is 4.31 Å². The Morgan fingerprint density at radius 1 is 0.960 bits per heavy atom. The van der Waals surface area contributed by atoms with E-state index in [0.717, 1.165) is 11.1 Å². The van der Waals surface area contributed by atoms with E-state index in [2.05, 4.69) is 16.3 Å². The molecule has 1 heterocycles. The zero-order valence-corrected chi connectivity index (χ0v) is 15.4. The molecule has 4 nitrogen and oxygen atoms in total. The summed E-state index contributed by atoms with van der Waals surface area (Å²) in [6.07, 6.45) is 0. The maximum atomic E-state index is 13.7. The molecular formula is C20H22N2O2S. The SMILES string of the molecule is Cc1ccc(C#CN=S(=O)(c2ccc(C)cc2)N2CCOCC2)cc1. The van der Waals surface area contributed by atoms with E-state index in [1.165, 1.54) is 5.56 Å². The van der Waals surface area contributed by atoms with Crippen molar-refractivity contribution in [3.8, 4) is 12.0 Å². The van der Waals surface area contributed by atoms with Gasteiger partial charge in [-0.2, -0.15) is 0 Å². The first-order valence-corrected chi connectivity index (χ1v) is 9.78. The lowest BCUT2D eigenvalue weighted by Gasteiger charge is -2.28. The maximum absolute atomic E-state index is 13.7. The minimum absolute atomic E-state index is 0.559. The summed E-state index contributed by atoms with van der Waals surface area (Å²) in [7, 11) is -2.76. The molecule has 5 heteroatoms. The van der Waals surface area contributed by atoms with Crippen LogP contribution in [0.15, 0.2) is 57.8 Å². The molecule has 25 heavy (non-hydrogen) atoms. The van der Waals surface area contributed by atoms with Gasteiger partial charge in [-0.05, 0) is 44.0 Å². The summed E-state index contributed by atoms with van der Waals surface area (Å²) in [6, 6.07) is 18.4. The maximum Gasteiger partial charge on any atom is 0.152 e. The number of hydrogen-bond acceptors (Lipinski definition) is 3. The van der Waals surface area contributed by atoms with Crippen molar-refractivity contribution in [2.45, 2.75) is 18.7 Å². The molecule has 0 amide bonds. The van der Waals surface area contributed by atoms with E-state index in [9.17, 15) is 4.21 Å². The average molecular weight is 354 g/mol. The van der Waals surface area contributed by atoms with Crippen LogP contribution < -0.4 is 0 Å². The molecule has 130 valence electrons. The lowest BCUT2D eigenvalue weighted by atomic mass is 10.2. The van der Waals surface area contributed by atoms with Crippen molar-refractivity contribution in [3.05, 3.63) is 65.2 Å². The Labute approximate surface area is 150 Å². The van der Waals surface area contributed by atoms with Gasteiger partial charge in [0.25, 0.3) is 0 Å². The van der Waals surface area contributed by atoms with E-state index in [0.29, 0.717) is 31.2 Å². The van der Waals surface area contributed by atoms with E-state index in [4.69, 9.17) is 4.74 Å². The lowest BCUT2D eigenvalue weighted by molar-refractivity contribution is 0.0745. The van der Waals surface area contributed by atoms with Gasteiger partial charge < -0.3 is 4.74 Å². The third kappa shape index (κ3) is 4.29. The van der Waals surface area contributed by atoms with Crippen LogP contribution in [-0.4, -0.2) is 34.8 Å². The number of nitrogens with zero attached hydrogens (tertiary/aromatic N) is 2. The highest BCUT2D eigenvalue weighted by atomic mass is 32.2. The fraction of sp³-hybridized carbons (Fsp3) is 0.300. The van der Waals surface area contributed by atoms with Crippen LogP contribution in [0.2, 0.25) is 0 Å². The summed E-state index contributed by atoms with van der Waals surface area (Å²) < 4.78 is 25.3. The molecule has 0 aliphatic carbocycles. The molecule has 1 saturated heterocycles. The summed E-state index contributed by atoms with van der Waals surface area (Å²) in [5, 5.41) is 0. The molecule has 1 unspecified atom stereocenters. The topological polar surface area (TPSA) is 41.9 Å². The quantitative estimate of drug-likeness (QED) is 0.776. The normalized spacial score (nSPS) is 17.2. The van der Waals surface area contributed by atoms with Gasteiger partial charge in [0, 0.05) is 18.7 Å². The van der Waals surface area contributed by atoms with E-state index in [1.807, 2.05) is 66.7 Å². The van der Waals surface area contributed by atoms with Gasteiger partial charge >= 0.3 is 0 Å². The molecule has 1 aliphatic heterocycles. The van der Waals surface area contributed by atoms with Crippen LogP contribution >= 0.6 is 0 Å². The van der Waals surface area contributed by atoms with E-state index in [1.54, 1.807) is 0 Å². The number of rotatable bonds is 2. The van der Waals surface area contributed by atoms with Crippen LogP contribution in [0.5, 0.6) is 0 Å². The Morgan fingerprint density at radius 3 is 2.12 bits per heavy atom. The fourth-order valence-electron chi connectivity index (χ4n) is 2.56. The molecule has 0 saturated carbocycles. The Bertz CT molecular complexity index is 893. The first kappa shape index (κ1) is 17.7. The van der Waals surface area contributed by atoms with Gasteiger partial charge in [0.1, 0.15) is 0 Å². The van der Waals surface area contributed by atoms with Crippen LogP contribution in [0.3, 0.4) is 0 Å². The minimum Gasteiger partial charge on any atom is -0.379 e. The zero-order valence-electron chi connectivity index (χ0n) is 14.6. The molecule has 0 N–H and O–H groups in total. The van der Waals surface area contributed by atoms with E-state index >= 15 is 0 Å². The fourth-order valence-corrected chi connectivity index (χ4v) is 4.38. The molecule has 1 atom stereocenters. The Hall–Kier alpha value is -2.13. The summed E-state index contributed by atoms with van der Waals surface area (Å²) in [5.74, 6) is 2.99. The molecule has 2 aromatic carbocycles. The molecule has 1 aliphatic rings. The van der Waals surface area contributed by atoms with Gasteiger partial charge in [-0.25, -0.2) is 8.51 Å². The predicted molar refractivity (Wildman–Crippen MR) is 100 cm³/mol. The van der Waals surface area contributed by atoms with Crippen molar-refractivity contribution in [2.24, 2.45) is 4.36 Å². The van der Waals surface area contributed by atoms with E-state index in [-0.39, 0.29) is 0 Å². The van der Waals surface area contributed by atoms with Gasteiger partial charge in [-0.15, -0.1) is 4.36 Å². The van der Waals surface area contributed by atoms with Crippen LogP contribution in [0, 0.1) is 25.8 Å². The van der Waals surface area contributed by atoms with Gasteiger partial charge in [-0.1, -0.05) is 35.4 Å². The molecule has 0 aromatic heterocycles. The average Bonchev–Trinajstić information content (AvgIpc) is 2.64. The molecule has 0 spiro atoms. The van der Waals surface area contributed by atoms with E-state index < -0.39 is 9.92 Å². The van der Waals surface area contributed by atoms with Crippen LogP contribution in [0.4, 0.5) is 0 Å². The first-order valence-electron chi connectivity index (χ1n) is 8.31. The van der Waals surface area contributed by atoms with Crippen molar-refractivity contribution >= 4 is 9.92 Å². The van der Waals surface area contributed by atoms with Gasteiger partial charge in [-0.3, -0.25) is 0 Å². The number of morpholine rings is 1. The first-order chi connectivity index (χ1) is 12.1. The summed E-state index contributed by atoms with van der Waals surface area (Å²) in [4.78, 5) is 0.693. The highest BCUT2D eigenvalue weighted by Crippen LogP contribution is 2.20. The van der Waals surface area contributed by atoms with Crippen molar-refractivity contribution in [2.75, 3.05) is 26.3 Å². The molecular weight excluding hydrogens is 332 g/mol. The van der Waals surface area contributed by atoms with Gasteiger partial charge in [0.05, 0.1) is 24.2 Å². The predicted octanol–water partition coefficient (Wildman–Crippen LogP) is 3.39. The second-order valence-electron chi connectivity index (χ2n) is 6.05. The van der Waals surface area contributed by atoms with Crippen LogP contribution in [0.1, 0.15) is 16.7 Å². The Kier molecular flexibility index (Phi) is 5.54. The second-order valence-corrected chi connectivity index (χ2v) is 8.21. The minimum atomic E-state index is -2.76. The van der Waals surface area contributed by atoms with Crippen molar-refractivity contribution < 1.29 is 8.95 Å². The molecule has 0 bridgehead atoms. The standard InChI is InChI=1S/C20H22N2O2S/c1-17-3-7-19(8-4-17)11-12-21-25(23,22-13-15-24-16-14-22)20-9-5-18(2)6-10-20/h3-10H,13-16H2,1-2H3. The van der Waals surface area contributed by atoms with Crippen molar-refractivity contribution in [1.29, 1.82) is 0 Å². The summed E-state index contributed by atoms with van der Waals surface area (Å²) in [5.41, 5.74) is 3.17. The number of ether oxygens (including phenoxy) is 1. The number of aryl methyl sites for hydroxylation is 2. The zero-order chi connectivity index (χ0) is 17.7. The Balaban J connectivity index is 2.00. The molecule has 3 rings (SSSR count). The largest absolute Gasteiger partial charge is 0.379 e. The van der Waals surface area contributed by atoms with Crippen LogP contribution in [0.25, 0.3) is 0 Å². The number of hydrogen-bond donors (Lipinski definition) is 0. The molecule has 2 aromatic rings. The molecule has 0 radical (unpaired) electrons. The Morgan fingerprint density at radius 2 is 1.52 bits per heavy atom. The third-order valence-electron chi connectivity index (χ3n) is 4.07. The third-order valence-corrected chi connectivity index (χ3v) is 6.36. The highest BCUT2D eigenvalue weighted by Gasteiger charge is 2.24. The summed E-state index contributed by atoms with van der Waals surface area (Å²) >= 11 is 0. The lowest BCUT2D eigenvalue weighted by Crippen LogP contribution is -2.40. The highest BCUT2D eigenvalue weighted by molar-refractivity contribution is 7.91. The van der Waals surface area contributed by atoms with Crippen molar-refractivity contribution in [3.63, 3.8) is 0 Å².